The summed E-state index contributed by atoms with van der Waals surface area (Å²) >= 11 is 0. The summed E-state index contributed by atoms with van der Waals surface area (Å²) < 4.78 is 0. The maximum Gasteiger partial charge on any atom is 0.0972 e. The fraction of sp³-hybridized carbons (Fsp3) is 0. The molecule has 3 heteroatoms. The van der Waals surface area contributed by atoms with Crippen molar-refractivity contribution in [1.82, 2.24) is 15.0 Å². The molecule has 0 saturated heterocycles. The summed E-state index contributed by atoms with van der Waals surface area (Å²) in [6.07, 6.45) is 1.84. The highest BCUT2D eigenvalue weighted by Crippen LogP contribution is 2.49. The Morgan fingerprint density at radius 2 is 0.780 bits per heavy atom. The molecular formula is C47H31N3. The predicted molar refractivity (Wildman–Crippen MR) is 207 cm³/mol. The summed E-state index contributed by atoms with van der Waals surface area (Å²) in [4.78, 5) is 15.5. The number of nitrogens with zero attached hydrogens (tertiary/aromatic N) is 3. The van der Waals surface area contributed by atoms with E-state index in [1.807, 2.05) is 12.3 Å². The van der Waals surface area contributed by atoms with E-state index in [0.717, 1.165) is 89.0 Å². The quantitative estimate of drug-likeness (QED) is 0.170. The molecule has 6 aromatic carbocycles. The summed E-state index contributed by atoms with van der Waals surface area (Å²) in [5, 5.41) is 2.15. The zero-order chi connectivity index (χ0) is 33.3. The first kappa shape index (κ1) is 29.4. The molecule has 234 valence electrons. The largest absolute Gasteiger partial charge is 0.254 e. The summed E-state index contributed by atoms with van der Waals surface area (Å²) in [6.45, 7) is 0. The Hall–Kier alpha value is -6.71. The molecule has 0 aliphatic carbocycles. The van der Waals surface area contributed by atoms with E-state index in [9.17, 15) is 0 Å². The molecule has 0 atom stereocenters. The van der Waals surface area contributed by atoms with Crippen molar-refractivity contribution in [1.29, 1.82) is 0 Å². The van der Waals surface area contributed by atoms with Crippen molar-refractivity contribution >= 4 is 21.8 Å². The third kappa shape index (κ3) is 5.32. The summed E-state index contributed by atoms with van der Waals surface area (Å²) in [5.74, 6) is 0. The van der Waals surface area contributed by atoms with Crippen LogP contribution in [-0.2, 0) is 0 Å². The first-order valence-corrected chi connectivity index (χ1v) is 16.9. The van der Waals surface area contributed by atoms with Gasteiger partial charge in [-0.2, -0.15) is 0 Å². The highest BCUT2D eigenvalue weighted by molar-refractivity contribution is 6.06. The molecule has 0 radical (unpaired) electrons. The average molecular weight is 638 g/mol. The van der Waals surface area contributed by atoms with Crippen LogP contribution >= 0.6 is 0 Å². The van der Waals surface area contributed by atoms with E-state index in [1.54, 1.807) is 0 Å². The van der Waals surface area contributed by atoms with Gasteiger partial charge in [0.25, 0.3) is 0 Å². The van der Waals surface area contributed by atoms with E-state index in [4.69, 9.17) is 15.0 Å². The van der Waals surface area contributed by atoms with Gasteiger partial charge in [0.15, 0.2) is 0 Å². The third-order valence-corrected chi connectivity index (χ3v) is 9.30. The molecule has 0 spiro atoms. The van der Waals surface area contributed by atoms with Crippen molar-refractivity contribution < 1.29 is 0 Å². The van der Waals surface area contributed by atoms with Crippen LogP contribution in [-0.4, -0.2) is 15.0 Å². The second-order valence-corrected chi connectivity index (χ2v) is 12.4. The van der Waals surface area contributed by atoms with Gasteiger partial charge in [-0.05, 0) is 34.9 Å². The van der Waals surface area contributed by atoms with Crippen LogP contribution in [0.25, 0.3) is 89.0 Å². The molecule has 3 aromatic heterocycles. The minimum Gasteiger partial charge on any atom is -0.254 e. The highest BCUT2D eigenvalue weighted by Gasteiger charge is 2.25. The molecule has 3 nitrogen and oxygen atoms in total. The molecule has 50 heavy (non-hydrogen) atoms. The number of aromatic nitrogens is 3. The molecule has 0 fully saturated rings. The zero-order valence-corrected chi connectivity index (χ0v) is 27.2. The van der Waals surface area contributed by atoms with Crippen LogP contribution < -0.4 is 0 Å². The Labute approximate surface area is 291 Å². The molecule has 0 unspecified atom stereocenters. The topological polar surface area (TPSA) is 38.7 Å². The van der Waals surface area contributed by atoms with Crippen LogP contribution in [0.2, 0.25) is 0 Å². The van der Waals surface area contributed by atoms with Crippen LogP contribution in [0.1, 0.15) is 0 Å². The normalized spacial score (nSPS) is 11.2. The molecule has 0 aliphatic rings. The minimum absolute atomic E-state index is 0.903. The van der Waals surface area contributed by atoms with Crippen LogP contribution in [0.4, 0.5) is 0 Å². The molecular weight excluding hydrogens is 607 g/mol. The van der Waals surface area contributed by atoms with Crippen molar-refractivity contribution in [3.8, 4) is 67.2 Å². The smallest absolute Gasteiger partial charge is 0.0972 e. The number of benzene rings is 6. The van der Waals surface area contributed by atoms with Gasteiger partial charge in [-0.15, -0.1) is 0 Å². The van der Waals surface area contributed by atoms with Crippen LogP contribution in [0, 0.1) is 0 Å². The molecule has 0 aliphatic heterocycles. The van der Waals surface area contributed by atoms with E-state index in [2.05, 4.69) is 176 Å². The molecule has 9 aromatic rings. The zero-order valence-electron chi connectivity index (χ0n) is 27.2. The van der Waals surface area contributed by atoms with E-state index in [1.165, 1.54) is 0 Å². The Kier molecular flexibility index (Phi) is 7.49. The number of fused-ring (bicyclic) bond motifs is 3. The summed E-state index contributed by atoms with van der Waals surface area (Å²) in [7, 11) is 0. The van der Waals surface area contributed by atoms with Gasteiger partial charge in [0.1, 0.15) is 0 Å². The lowest BCUT2D eigenvalue weighted by Gasteiger charge is -2.23. The van der Waals surface area contributed by atoms with Crippen molar-refractivity contribution in [3.63, 3.8) is 0 Å². The van der Waals surface area contributed by atoms with E-state index < -0.39 is 0 Å². The Balaban J connectivity index is 1.38. The number of hydrogen-bond donors (Lipinski definition) is 0. The van der Waals surface area contributed by atoms with Crippen LogP contribution in [0.15, 0.2) is 188 Å². The van der Waals surface area contributed by atoms with Crippen molar-refractivity contribution in [2.24, 2.45) is 0 Å². The monoisotopic (exact) mass is 637 g/mol. The van der Waals surface area contributed by atoms with Gasteiger partial charge in [0, 0.05) is 50.4 Å². The molecule has 0 bridgehead atoms. The van der Waals surface area contributed by atoms with Gasteiger partial charge in [0.2, 0.25) is 0 Å². The second-order valence-electron chi connectivity index (χ2n) is 12.4. The van der Waals surface area contributed by atoms with Gasteiger partial charge in [0.05, 0.1) is 28.1 Å². The Morgan fingerprint density at radius 1 is 0.300 bits per heavy atom. The third-order valence-electron chi connectivity index (χ3n) is 9.30. The number of rotatable bonds is 6. The molecule has 9 rings (SSSR count). The van der Waals surface area contributed by atoms with Gasteiger partial charge < -0.3 is 0 Å². The van der Waals surface area contributed by atoms with Crippen LogP contribution in [0.5, 0.6) is 0 Å². The maximum absolute atomic E-state index is 5.58. The standard InChI is InChI=1S/C47H31N3/c1-5-15-32(16-6-1)42-41(39-24-13-23-38(31-39)40-29-28-37-27-26-36-25-14-30-48-46(36)47(37)49-40)43(33-17-7-2-8-18-33)45(35-21-11-4-12-22-35)50-44(42)34-19-9-3-10-20-34/h1-31H. The molecule has 0 amide bonds. The lowest BCUT2D eigenvalue weighted by Crippen LogP contribution is -2.01. The predicted octanol–water partition coefficient (Wildman–Crippen LogP) is 12.2. The summed E-state index contributed by atoms with van der Waals surface area (Å²) in [5.41, 5.74) is 14.4. The molecule has 3 heterocycles. The minimum atomic E-state index is 0.903. The van der Waals surface area contributed by atoms with Gasteiger partial charge in [-0.25, -0.2) is 9.97 Å². The van der Waals surface area contributed by atoms with Crippen molar-refractivity contribution in [2.45, 2.75) is 0 Å². The fourth-order valence-electron chi connectivity index (χ4n) is 6.97. The maximum atomic E-state index is 5.58. The highest BCUT2D eigenvalue weighted by atomic mass is 14.8. The average Bonchev–Trinajstić information content (AvgIpc) is 3.21. The van der Waals surface area contributed by atoms with E-state index in [0.29, 0.717) is 0 Å². The van der Waals surface area contributed by atoms with E-state index in [-0.39, 0.29) is 0 Å². The number of pyridine rings is 3. The van der Waals surface area contributed by atoms with Gasteiger partial charge in [-0.3, -0.25) is 4.98 Å². The Bertz CT molecular complexity index is 2520. The summed E-state index contributed by atoms with van der Waals surface area (Å²) in [6, 6.07) is 63.8. The SMILES string of the molecule is c1ccc(-c2nc(-c3ccccc3)c(-c3ccccc3)c(-c3cccc(-c4ccc5ccc6cccnc6c5n4)c3)c2-c2ccccc2)cc1. The first-order valence-electron chi connectivity index (χ1n) is 16.9. The van der Waals surface area contributed by atoms with Gasteiger partial charge in [-0.1, -0.05) is 164 Å². The lowest BCUT2D eigenvalue weighted by atomic mass is 9.83. The number of hydrogen-bond acceptors (Lipinski definition) is 3. The van der Waals surface area contributed by atoms with Crippen molar-refractivity contribution in [2.75, 3.05) is 0 Å². The van der Waals surface area contributed by atoms with Gasteiger partial charge >= 0.3 is 0 Å². The fourth-order valence-corrected chi connectivity index (χ4v) is 6.97. The van der Waals surface area contributed by atoms with Crippen molar-refractivity contribution in [3.05, 3.63) is 188 Å². The van der Waals surface area contributed by atoms with Crippen LogP contribution in [0.3, 0.4) is 0 Å². The molecule has 0 saturated carbocycles. The molecule has 0 N–H and O–H groups in total. The first-order chi connectivity index (χ1) is 24.8. The second kappa shape index (κ2) is 12.7. The lowest BCUT2D eigenvalue weighted by molar-refractivity contribution is 1.32. The Morgan fingerprint density at radius 3 is 1.36 bits per heavy atom. The van der Waals surface area contributed by atoms with E-state index >= 15 is 0 Å².